The third kappa shape index (κ3) is 15.0. The number of amides is 1. The second-order valence-electron chi connectivity index (χ2n) is 6.01. The number of likely N-dealkylation sites (N-methyl/N-ethyl adjacent to an activating group) is 1. The van der Waals surface area contributed by atoms with E-state index in [0.29, 0.717) is 52.0 Å². The molecule has 0 aliphatic carbocycles. The molecule has 0 aromatic heterocycles. The van der Waals surface area contributed by atoms with Gasteiger partial charge in [0, 0.05) is 20.0 Å². The first-order chi connectivity index (χ1) is 12.0. The maximum Gasteiger partial charge on any atom is 0.248 e. The van der Waals surface area contributed by atoms with Crippen molar-refractivity contribution >= 4 is 11.7 Å². The Balaban J connectivity index is 3.33. The fourth-order valence-corrected chi connectivity index (χ4v) is 1.81. The molecule has 0 heterocycles. The third-order valence-corrected chi connectivity index (χ3v) is 3.71. The number of ether oxygens (including phenoxy) is 4. The highest BCUT2D eigenvalue weighted by atomic mass is 16.6. The van der Waals surface area contributed by atoms with Crippen molar-refractivity contribution in [2.45, 2.75) is 33.6 Å². The molecule has 0 aliphatic heterocycles. The Kier molecular flexibility index (Phi) is 15.8. The Morgan fingerprint density at radius 1 is 0.840 bits per heavy atom. The molecule has 0 saturated heterocycles. The van der Waals surface area contributed by atoms with Gasteiger partial charge in [-0.2, -0.15) is 0 Å². The van der Waals surface area contributed by atoms with Gasteiger partial charge in [-0.05, 0) is 5.92 Å². The van der Waals surface area contributed by atoms with E-state index >= 15 is 0 Å². The minimum atomic E-state index is -0.00909. The number of hydrogen-bond acceptors (Lipinski definition) is 6. The Hall–Kier alpha value is -1.02. The van der Waals surface area contributed by atoms with E-state index in [-0.39, 0.29) is 24.9 Å². The molecular formula is C18H35NO6. The lowest BCUT2D eigenvalue weighted by atomic mass is 10.1. The smallest absolute Gasteiger partial charge is 0.248 e. The highest BCUT2D eigenvalue weighted by molar-refractivity contribution is 5.79. The van der Waals surface area contributed by atoms with Crippen LogP contribution in [-0.4, -0.2) is 83.0 Å². The summed E-state index contributed by atoms with van der Waals surface area (Å²) in [6, 6.07) is 0. The van der Waals surface area contributed by atoms with Crippen LogP contribution in [-0.2, 0) is 28.5 Å². The minimum Gasteiger partial charge on any atom is -0.377 e. The second kappa shape index (κ2) is 16.4. The fourth-order valence-electron chi connectivity index (χ4n) is 1.81. The van der Waals surface area contributed by atoms with Crippen molar-refractivity contribution in [2.75, 3.05) is 66.4 Å². The van der Waals surface area contributed by atoms with Gasteiger partial charge in [-0.3, -0.25) is 9.59 Å². The van der Waals surface area contributed by atoms with Crippen LogP contribution in [0.25, 0.3) is 0 Å². The predicted octanol–water partition coefficient (Wildman–Crippen LogP) is 1.54. The molecule has 7 nitrogen and oxygen atoms in total. The minimum absolute atomic E-state index is 0.00909. The van der Waals surface area contributed by atoms with E-state index in [1.807, 2.05) is 6.92 Å². The summed E-state index contributed by atoms with van der Waals surface area (Å²) in [5.74, 6) is 0.577. The van der Waals surface area contributed by atoms with Gasteiger partial charge >= 0.3 is 0 Å². The molecule has 0 aliphatic rings. The van der Waals surface area contributed by atoms with Gasteiger partial charge in [0.05, 0.1) is 39.6 Å². The zero-order valence-corrected chi connectivity index (χ0v) is 16.3. The van der Waals surface area contributed by atoms with Crippen LogP contribution in [0.4, 0.5) is 0 Å². The Morgan fingerprint density at radius 3 is 1.80 bits per heavy atom. The molecule has 1 unspecified atom stereocenters. The van der Waals surface area contributed by atoms with Crippen molar-refractivity contribution in [1.29, 1.82) is 0 Å². The van der Waals surface area contributed by atoms with E-state index in [0.717, 1.165) is 13.0 Å². The Bertz CT molecular complexity index is 350. The third-order valence-electron chi connectivity index (χ3n) is 3.71. The number of hydrogen-bond donors (Lipinski definition) is 0. The monoisotopic (exact) mass is 361 g/mol. The zero-order chi connectivity index (χ0) is 18.9. The highest BCUT2D eigenvalue weighted by Gasteiger charge is 2.11. The van der Waals surface area contributed by atoms with Crippen molar-refractivity contribution in [3.63, 3.8) is 0 Å². The molecule has 0 aromatic carbocycles. The van der Waals surface area contributed by atoms with Gasteiger partial charge in [0.25, 0.3) is 0 Å². The van der Waals surface area contributed by atoms with Crippen LogP contribution in [0.15, 0.2) is 0 Å². The normalized spacial score (nSPS) is 12.2. The van der Waals surface area contributed by atoms with Crippen LogP contribution in [0.1, 0.15) is 33.6 Å². The topological polar surface area (TPSA) is 74.3 Å². The molecule has 1 atom stereocenters. The van der Waals surface area contributed by atoms with Crippen LogP contribution in [0, 0.1) is 5.92 Å². The van der Waals surface area contributed by atoms with Crippen LogP contribution in [0.5, 0.6) is 0 Å². The first-order valence-electron chi connectivity index (χ1n) is 9.07. The lowest BCUT2D eigenvalue weighted by Gasteiger charge is -2.20. The molecule has 1 amide bonds. The van der Waals surface area contributed by atoms with Gasteiger partial charge in [-0.1, -0.05) is 27.2 Å². The summed E-state index contributed by atoms with van der Waals surface area (Å²) in [7, 11) is 1.80. The maximum absolute atomic E-state index is 11.8. The van der Waals surface area contributed by atoms with Crippen molar-refractivity contribution in [1.82, 2.24) is 4.90 Å². The summed E-state index contributed by atoms with van der Waals surface area (Å²) in [5.41, 5.74) is 0. The lowest BCUT2D eigenvalue weighted by Crippen LogP contribution is -2.34. The van der Waals surface area contributed by atoms with Crippen molar-refractivity contribution in [3.05, 3.63) is 0 Å². The summed E-state index contributed by atoms with van der Waals surface area (Å²) in [6.45, 7) is 9.60. The number of carbonyl (C=O) groups is 2. The SMILES string of the molecule is CCC(=O)COCCOCCOCCOCC(=O)N(C)CC(C)CC. The average Bonchev–Trinajstić information content (AvgIpc) is 2.61. The molecule has 0 rings (SSSR count). The van der Waals surface area contributed by atoms with Crippen LogP contribution in [0.2, 0.25) is 0 Å². The van der Waals surface area contributed by atoms with Gasteiger partial charge in [0.1, 0.15) is 13.2 Å². The number of Topliss-reactive ketones (excluding diaryl/α,β-unsaturated/α-hetero) is 1. The molecule has 0 radical (unpaired) electrons. The highest BCUT2D eigenvalue weighted by Crippen LogP contribution is 2.02. The van der Waals surface area contributed by atoms with Gasteiger partial charge in [0.2, 0.25) is 5.91 Å². The van der Waals surface area contributed by atoms with Crippen molar-refractivity contribution < 1.29 is 28.5 Å². The molecule has 0 aromatic rings. The summed E-state index contributed by atoms with van der Waals surface area (Å²) in [6.07, 6.45) is 1.55. The molecule has 0 bridgehead atoms. The second-order valence-corrected chi connectivity index (χ2v) is 6.01. The number of nitrogens with zero attached hydrogens (tertiary/aromatic N) is 1. The lowest BCUT2D eigenvalue weighted by molar-refractivity contribution is -0.136. The van der Waals surface area contributed by atoms with Gasteiger partial charge < -0.3 is 23.8 Å². The van der Waals surface area contributed by atoms with Gasteiger partial charge in [-0.25, -0.2) is 0 Å². The first kappa shape index (κ1) is 24.0. The number of ketones is 1. The van der Waals surface area contributed by atoms with E-state index in [1.54, 1.807) is 11.9 Å². The predicted molar refractivity (Wildman–Crippen MR) is 95.7 cm³/mol. The molecule has 0 spiro atoms. The van der Waals surface area contributed by atoms with Gasteiger partial charge in [0.15, 0.2) is 5.78 Å². The van der Waals surface area contributed by atoms with E-state index in [9.17, 15) is 9.59 Å². The maximum atomic E-state index is 11.8. The first-order valence-corrected chi connectivity index (χ1v) is 9.07. The zero-order valence-electron chi connectivity index (χ0n) is 16.3. The molecule has 0 fully saturated rings. The van der Waals surface area contributed by atoms with Gasteiger partial charge in [-0.15, -0.1) is 0 Å². The Morgan fingerprint density at radius 2 is 1.32 bits per heavy atom. The summed E-state index contributed by atoms with van der Waals surface area (Å²) in [4.78, 5) is 24.5. The molecule has 25 heavy (non-hydrogen) atoms. The average molecular weight is 361 g/mol. The molecule has 148 valence electrons. The van der Waals surface area contributed by atoms with Crippen LogP contribution in [0.3, 0.4) is 0 Å². The summed E-state index contributed by atoms with van der Waals surface area (Å²) >= 11 is 0. The van der Waals surface area contributed by atoms with Crippen LogP contribution < -0.4 is 0 Å². The van der Waals surface area contributed by atoms with Crippen molar-refractivity contribution in [2.24, 2.45) is 5.92 Å². The van der Waals surface area contributed by atoms with Crippen LogP contribution >= 0.6 is 0 Å². The standard InChI is InChI=1S/C18H35NO6/c1-5-16(3)13-19(4)18(21)15-25-12-10-23-8-7-22-9-11-24-14-17(20)6-2/h16H,5-15H2,1-4H3. The van der Waals surface area contributed by atoms with E-state index in [1.165, 1.54) is 0 Å². The summed E-state index contributed by atoms with van der Waals surface area (Å²) in [5, 5.41) is 0. The molecular weight excluding hydrogens is 326 g/mol. The Labute approximate surface area is 151 Å². The molecule has 0 N–H and O–H groups in total. The number of rotatable bonds is 17. The quantitative estimate of drug-likeness (QED) is 0.366. The van der Waals surface area contributed by atoms with E-state index < -0.39 is 0 Å². The van der Waals surface area contributed by atoms with E-state index in [4.69, 9.17) is 18.9 Å². The molecule has 7 heteroatoms. The van der Waals surface area contributed by atoms with Crippen molar-refractivity contribution in [3.8, 4) is 0 Å². The largest absolute Gasteiger partial charge is 0.377 e. The number of carbonyl (C=O) groups excluding carboxylic acids is 2. The summed E-state index contributed by atoms with van der Waals surface area (Å²) < 4.78 is 21.1. The van der Waals surface area contributed by atoms with E-state index in [2.05, 4.69) is 13.8 Å². The molecule has 0 saturated carbocycles. The fraction of sp³-hybridized carbons (Fsp3) is 0.889.